The minimum Gasteiger partial charge on any atom is -0.455 e. The Hall–Kier alpha value is -6.44. The summed E-state index contributed by atoms with van der Waals surface area (Å²) < 4.78 is 86.5. The third-order valence-electron chi connectivity index (χ3n) is 9.35. The lowest BCUT2D eigenvalue weighted by atomic mass is 9.84. The molecule has 0 unspecified atom stereocenters. The Bertz CT molecular complexity index is 3320. The van der Waals surface area contributed by atoms with Gasteiger partial charge < -0.3 is 4.42 Å². The molecule has 1 heterocycles. The molecule has 1 aromatic heterocycles. The second-order valence-corrected chi connectivity index (χ2v) is 12.1. The van der Waals surface area contributed by atoms with Gasteiger partial charge in [0.1, 0.15) is 11.2 Å². The van der Waals surface area contributed by atoms with E-state index in [9.17, 15) is 4.11 Å². The van der Waals surface area contributed by atoms with E-state index in [0.717, 1.165) is 54.9 Å². The van der Waals surface area contributed by atoms with Crippen LogP contribution in [0.5, 0.6) is 0 Å². The molecule has 0 amide bonds. The van der Waals surface area contributed by atoms with Crippen LogP contribution in [0.1, 0.15) is 12.3 Å². The molecule has 10 rings (SSSR count). The number of furan rings is 1. The predicted molar refractivity (Wildman–Crippen MR) is 208 cm³/mol. The normalized spacial score (nSPS) is 14.2. The van der Waals surface area contributed by atoms with Gasteiger partial charge >= 0.3 is 0 Å². The van der Waals surface area contributed by atoms with Crippen LogP contribution in [0, 0.1) is 0 Å². The molecular formula is C48H30O. The average molecular weight is 632 g/mol. The van der Waals surface area contributed by atoms with Gasteiger partial charge in [0.2, 0.25) is 0 Å². The molecule has 49 heavy (non-hydrogen) atoms. The van der Waals surface area contributed by atoms with Gasteiger partial charge in [-0.05, 0) is 95.6 Å². The summed E-state index contributed by atoms with van der Waals surface area (Å²) in [5.74, 6) is 0. The molecule has 1 nitrogen and oxygen atoms in total. The molecule has 0 N–H and O–H groups in total. The Morgan fingerprint density at radius 1 is 0.388 bits per heavy atom. The molecule has 0 radical (unpaired) electrons. The second kappa shape index (κ2) is 11.1. The van der Waals surface area contributed by atoms with Crippen molar-refractivity contribution in [3.05, 3.63) is 182 Å². The SMILES string of the molecule is [2H]c1c([2H])c([2H])c2c(c1[2H])c([2H])c([2H])c1c2oc2c([2H])c(-c3c4ccccc4c(-c4ccc(-c5ccccc5)c(-c5ccccc5)c4)c4ccccc34)c([2H])c([2H])c21. The van der Waals surface area contributed by atoms with Gasteiger partial charge in [-0.1, -0.05) is 158 Å². The van der Waals surface area contributed by atoms with E-state index in [0.29, 0.717) is 5.56 Å². The van der Waals surface area contributed by atoms with Crippen LogP contribution in [-0.4, -0.2) is 0 Å². The van der Waals surface area contributed by atoms with Gasteiger partial charge in [-0.3, -0.25) is 0 Å². The summed E-state index contributed by atoms with van der Waals surface area (Å²) in [6.07, 6.45) is 0. The third-order valence-corrected chi connectivity index (χ3v) is 9.35. The summed E-state index contributed by atoms with van der Waals surface area (Å²) in [6, 6.07) is 39.2. The predicted octanol–water partition coefficient (Wildman–Crippen LogP) is 13.7. The molecule has 0 saturated carbocycles. The van der Waals surface area contributed by atoms with Gasteiger partial charge in [0.05, 0.1) is 12.3 Å². The maximum absolute atomic E-state index is 9.69. The number of benzene rings is 9. The number of rotatable bonds is 4. The van der Waals surface area contributed by atoms with E-state index in [1.165, 1.54) is 0 Å². The first-order chi connectivity index (χ1) is 28.1. The van der Waals surface area contributed by atoms with Gasteiger partial charge in [0.25, 0.3) is 0 Å². The molecule has 0 fully saturated rings. The minimum atomic E-state index is -0.537. The highest BCUT2D eigenvalue weighted by molar-refractivity contribution is 6.22. The van der Waals surface area contributed by atoms with Crippen LogP contribution in [0.4, 0.5) is 0 Å². The van der Waals surface area contributed by atoms with E-state index in [-0.39, 0.29) is 56.4 Å². The van der Waals surface area contributed by atoms with Crippen molar-refractivity contribution in [1.82, 2.24) is 0 Å². The lowest BCUT2D eigenvalue weighted by Crippen LogP contribution is -1.92. The van der Waals surface area contributed by atoms with Gasteiger partial charge in [0, 0.05) is 16.2 Å². The van der Waals surface area contributed by atoms with Crippen molar-refractivity contribution in [3.8, 4) is 44.5 Å². The minimum absolute atomic E-state index is 0.0151. The molecule has 0 atom stereocenters. The Morgan fingerprint density at radius 2 is 0.959 bits per heavy atom. The number of hydrogen-bond donors (Lipinski definition) is 0. The monoisotopic (exact) mass is 631 g/mol. The van der Waals surface area contributed by atoms with Crippen LogP contribution >= 0.6 is 0 Å². The maximum atomic E-state index is 9.69. The van der Waals surface area contributed by atoms with Gasteiger partial charge in [-0.2, -0.15) is 0 Å². The highest BCUT2D eigenvalue weighted by atomic mass is 16.3. The first-order valence-electron chi connectivity index (χ1n) is 20.6. The summed E-state index contributed by atoms with van der Waals surface area (Å²) in [4.78, 5) is 0. The van der Waals surface area contributed by atoms with Gasteiger partial charge in [0.15, 0.2) is 0 Å². The quantitative estimate of drug-likeness (QED) is 0.176. The summed E-state index contributed by atoms with van der Waals surface area (Å²) in [6.45, 7) is 0. The van der Waals surface area contributed by atoms with Crippen LogP contribution in [0.3, 0.4) is 0 Å². The van der Waals surface area contributed by atoms with Crippen LogP contribution in [0.25, 0.3) is 98.8 Å². The first kappa shape index (κ1) is 20.0. The number of hydrogen-bond acceptors (Lipinski definition) is 1. The largest absolute Gasteiger partial charge is 0.455 e. The molecular weight excluding hydrogens is 593 g/mol. The van der Waals surface area contributed by atoms with E-state index in [1.807, 2.05) is 84.9 Å². The molecule has 228 valence electrons. The molecule has 0 spiro atoms. The molecule has 0 aliphatic carbocycles. The van der Waals surface area contributed by atoms with E-state index < -0.39 is 36.3 Å². The van der Waals surface area contributed by atoms with Gasteiger partial charge in [-0.15, -0.1) is 0 Å². The molecule has 10 aromatic rings. The molecule has 0 bridgehead atoms. The molecule has 1 heteroatoms. The molecule has 0 aliphatic rings. The zero-order chi connectivity index (χ0) is 40.1. The first-order valence-corrected chi connectivity index (χ1v) is 16.1. The third kappa shape index (κ3) is 4.40. The smallest absolute Gasteiger partial charge is 0.143 e. The Kier molecular flexibility index (Phi) is 4.53. The fourth-order valence-corrected chi connectivity index (χ4v) is 7.16. The van der Waals surface area contributed by atoms with Crippen molar-refractivity contribution in [2.75, 3.05) is 0 Å². The van der Waals surface area contributed by atoms with Crippen molar-refractivity contribution in [2.45, 2.75) is 0 Å². The Labute approximate surface area is 297 Å². The summed E-state index contributed by atoms with van der Waals surface area (Å²) in [5.41, 5.74) is 6.81. The fourth-order valence-electron chi connectivity index (χ4n) is 7.16. The van der Waals surface area contributed by atoms with E-state index in [1.54, 1.807) is 0 Å². The van der Waals surface area contributed by atoms with E-state index >= 15 is 0 Å². The summed E-state index contributed by atoms with van der Waals surface area (Å²) in [7, 11) is 0. The molecule has 0 saturated heterocycles. The highest BCUT2D eigenvalue weighted by Gasteiger charge is 2.19. The van der Waals surface area contributed by atoms with Crippen molar-refractivity contribution >= 4 is 54.3 Å². The van der Waals surface area contributed by atoms with Crippen LogP contribution in [0.2, 0.25) is 0 Å². The molecule has 9 aromatic carbocycles. The van der Waals surface area contributed by atoms with E-state index in [2.05, 4.69) is 42.5 Å². The Morgan fingerprint density at radius 3 is 1.63 bits per heavy atom. The average Bonchev–Trinajstić information content (AvgIpc) is 3.67. The van der Waals surface area contributed by atoms with Crippen molar-refractivity contribution in [3.63, 3.8) is 0 Å². The molecule has 0 aliphatic heterocycles. The van der Waals surface area contributed by atoms with Crippen LogP contribution in [-0.2, 0) is 0 Å². The highest BCUT2D eigenvalue weighted by Crippen LogP contribution is 2.46. The van der Waals surface area contributed by atoms with Crippen molar-refractivity contribution in [1.29, 1.82) is 0 Å². The zero-order valence-corrected chi connectivity index (χ0v) is 26.0. The van der Waals surface area contributed by atoms with Crippen molar-refractivity contribution < 1.29 is 16.8 Å². The van der Waals surface area contributed by atoms with Gasteiger partial charge in [-0.25, -0.2) is 0 Å². The van der Waals surface area contributed by atoms with Crippen molar-refractivity contribution in [2.24, 2.45) is 0 Å². The summed E-state index contributed by atoms with van der Waals surface area (Å²) in [5, 5.41) is 2.96. The van der Waals surface area contributed by atoms with Crippen LogP contribution in [0.15, 0.2) is 186 Å². The summed E-state index contributed by atoms with van der Waals surface area (Å²) >= 11 is 0. The Balaban J connectivity index is 1.30. The fraction of sp³-hybridized carbons (Fsp3) is 0. The topological polar surface area (TPSA) is 13.1 Å². The number of fused-ring (bicyclic) bond motifs is 7. The maximum Gasteiger partial charge on any atom is 0.143 e. The van der Waals surface area contributed by atoms with Crippen LogP contribution < -0.4 is 0 Å². The van der Waals surface area contributed by atoms with E-state index in [4.69, 9.17) is 12.6 Å². The standard InChI is InChI=1S/C48H30O/c1-3-13-31(14-4-1)36-26-24-34(29-44(36)32-15-5-2-6-16-32)46-39-19-9-11-21-41(39)47(42-22-12-10-20-40(42)46)35-25-27-38-43-28-23-33-17-7-8-18-37(33)48(43)49-45(38)30-35/h1-30H/i7D,8D,17D,18D,23D,25D,27D,28D,30D. The second-order valence-electron chi connectivity index (χ2n) is 12.1. The zero-order valence-electron chi connectivity index (χ0n) is 35.0. The lowest BCUT2D eigenvalue weighted by Gasteiger charge is -2.19. The lowest BCUT2D eigenvalue weighted by molar-refractivity contribution is 0.673.